The van der Waals surface area contributed by atoms with Crippen molar-refractivity contribution in [3.8, 4) is 22.6 Å². The van der Waals surface area contributed by atoms with Gasteiger partial charge in [0.15, 0.2) is 17.6 Å². The summed E-state index contributed by atoms with van der Waals surface area (Å²) in [5.74, 6) is -2.17. The number of methoxy groups -OCH3 is 1. The van der Waals surface area contributed by atoms with Gasteiger partial charge in [-0.15, -0.1) is 0 Å². The van der Waals surface area contributed by atoms with Crippen LogP contribution in [0, 0.1) is 0 Å². The molecule has 43 heavy (non-hydrogen) atoms. The minimum Gasteiger partial charge on any atom is -0.497 e. The molecule has 1 aromatic heterocycles. The average molecular weight is 599 g/mol. The first kappa shape index (κ1) is 31.0. The van der Waals surface area contributed by atoms with E-state index in [4.69, 9.17) is 37.6 Å². The molecule has 13 heteroatoms. The molecule has 0 radical (unpaired) electrons. The molecule has 2 aromatic carbocycles. The third-order valence-electron chi connectivity index (χ3n) is 6.35. The van der Waals surface area contributed by atoms with Crippen molar-refractivity contribution in [3.05, 3.63) is 59.0 Å². The van der Waals surface area contributed by atoms with Crippen LogP contribution in [-0.2, 0) is 42.9 Å². The molecule has 228 valence electrons. The lowest BCUT2D eigenvalue weighted by molar-refractivity contribution is -0.288. The SMILES string of the molecule is COc1ccc(-c2coc3cc(O[C@@H]4O[C@@H](COC(C)=O)[C@@H](OC(C)=O)[C@H](OC(C)=O)[C@@H]4OC(C)=O)ccc3c2=O)cc1. The molecule has 1 aliphatic heterocycles. The van der Waals surface area contributed by atoms with Gasteiger partial charge < -0.3 is 37.6 Å². The van der Waals surface area contributed by atoms with Gasteiger partial charge in [-0.1, -0.05) is 12.1 Å². The van der Waals surface area contributed by atoms with Crippen molar-refractivity contribution >= 4 is 34.8 Å². The second kappa shape index (κ2) is 13.4. The summed E-state index contributed by atoms with van der Waals surface area (Å²) >= 11 is 0. The molecule has 1 fully saturated rings. The Morgan fingerprint density at radius 3 is 1.98 bits per heavy atom. The minimum absolute atomic E-state index is 0.133. The van der Waals surface area contributed by atoms with E-state index < -0.39 is 61.2 Å². The van der Waals surface area contributed by atoms with Crippen molar-refractivity contribution in [1.29, 1.82) is 0 Å². The Kier molecular flexibility index (Phi) is 9.66. The van der Waals surface area contributed by atoms with Crippen LogP contribution >= 0.6 is 0 Å². The fraction of sp³-hybridized carbons (Fsp3) is 0.367. The lowest BCUT2D eigenvalue weighted by Gasteiger charge is -2.43. The van der Waals surface area contributed by atoms with E-state index >= 15 is 0 Å². The van der Waals surface area contributed by atoms with Crippen LogP contribution in [0.5, 0.6) is 11.5 Å². The molecule has 2 heterocycles. The molecule has 0 aliphatic carbocycles. The summed E-state index contributed by atoms with van der Waals surface area (Å²) in [4.78, 5) is 60.8. The van der Waals surface area contributed by atoms with Gasteiger partial charge in [0, 0.05) is 33.8 Å². The molecule has 0 amide bonds. The summed E-state index contributed by atoms with van der Waals surface area (Å²) in [6.07, 6.45) is -5.43. The van der Waals surface area contributed by atoms with Crippen LogP contribution in [0.3, 0.4) is 0 Å². The van der Waals surface area contributed by atoms with E-state index in [-0.39, 0.29) is 22.1 Å². The highest BCUT2D eigenvalue weighted by molar-refractivity contribution is 5.82. The summed E-state index contributed by atoms with van der Waals surface area (Å²) in [6.45, 7) is 4.14. The third-order valence-corrected chi connectivity index (χ3v) is 6.35. The predicted molar refractivity (Wildman–Crippen MR) is 147 cm³/mol. The molecule has 1 aliphatic rings. The molecule has 0 bridgehead atoms. The van der Waals surface area contributed by atoms with Crippen LogP contribution in [0.15, 0.2) is 57.9 Å². The van der Waals surface area contributed by atoms with E-state index in [0.29, 0.717) is 16.9 Å². The molecular formula is C30H30O13. The van der Waals surface area contributed by atoms with Crippen LogP contribution < -0.4 is 14.9 Å². The highest BCUT2D eigenvalue weighted by Gasteiger charge is 2.53. The van der Waals surface area contributed by atoms with E-state index in [1.165, 1.54) is 31.4 Å². The van der Waals surface area contributed by atoms with Crippen molar-refractivity contribution < 1.29 is 56.8 Å². The Hall–Kier alpha value is -4.91. The largest absolute Gasteiger partial charge is 0.497 e. The number of hydrogen-bond acceptors (Lipinski definition) is 13. The van der Waals surface area contributed by atoms with E-state index in [9.17, 15) is 24.0 Å². The average Bonchev–Trinajstić information content (AvgIpc) is 2.94. The zero-order chi connectivity index (χ0) is 31.3. The first-order valence-corrected chi connectivity index (χ1v) is 13.1. The van der Waals surface area contributed by atoms with Gasteiger partial charge in [0.2, 0.25) is 12.4 Å². The predicted octanol–water partition coefficient (Wildman–Crippen LogP) is 2.93. The molecule has 0 N–H and O–H groups in total. The van der Waals surface area contributed by atoms with E-state index in [1.807, 2.05) is 0 Å². The number of rotatable bonds is 9. The topological polar surface area (TPSA) is 163 Å². The first-order chi connectivity index (χ1) is 20.5. The number of esters is 4. The summed E-state index contributed by atoms with van der Waals surface area (Å²) < 4.78 is 44.2. The third kappa shape index (κ3) is 7.49. The number of ether oxygens (including phenoxy) is 7. The van der Waals surface area contributed by atoms with Gasteiger partial charge in [-0.25, -0.2) is 0 Å². The maximum absolute atomic E-state index is 13.3. The van der Waals surface area contributed by atoms with Crippen LogP contribution in [-0.4, -0.2) is 68.3 Å². The van der Waals surface area contributed by atoms with Crippen molar-refractivity contribution in [3.63, 3.8) is 0 Å². The number of hydrogen-bond donors (Lipinski definition) is 0. The summed E-state index contributed by atoms with van der Waals surface area (Å²) in [6, 6.07) is 11.3. The van der Waals surface area contributed by atoms with Crippen LogP contribution in [0.4, 0.5) is 0 Å². The van der Waals surface area contributed by atoms with Gasteiger partial charge in [0.05, 0.1) is 18.1 Å². The van der Waals surface area contributed by atoms with Crippen molar-refractivity contribution in [1.82, 2.24) is 0 Å². The zero-order valence-corrected chi connectivity index (χ0v) is 24.0. The molecule has 0 saturated carbocycles. The van der Waals surface area contributed by atoms with Crippen LogP contribution in [0.2, 0.25) is 0 Å². The number of fused-ring (bicyclic) bond motifs is 1. The van der Waals surface area contributed by atoms with E-state index in [0.717, 1.165) is 20.8 Å². The summed E-state index contributed by atoms with van der Waals surface area (Å²) in [5.41, 5.74) is 0.869. The van der Waals surface area contributed by atoms with Crippen molar-refractivity contribution in [2.24, 2.45) is 0 Å². The standard InChI is InChI=1S/C30H30O13/c1-15(31)37-14-25-27(39-16(2)32)28(40-17(3)33)29(41-18(4)34)30(43-25)42-21-10-11-22-24(12-21)38-13-23(26(22)35)19-6-8-20(36-5)9-7-19/h6-13,25,27-30H,14H2,1-5H3/t25-,27+,28-,29-,30+/m0/s1. The summed E-state index contributed by atoms with van der Waals surface area (Å²) in [7, 11) is 1.54. The Morgan fingerprint density at radius 1 is 0.767 bits per heavy atom. The van der Waals surface area contributed by atoms with Crippen molar-refractivity contribution in [2.45, 2.75) is 58.4 Å². The molecule has 0 spiro atoms. The molecule has 1 saturated heterocycles. The van der Waals surface area contributed by atoms with Gasteiger partial charge in [-0.05, 0) is 29.8 Å². The fourth-order valence-electron chi connectivity index (χ4n) is 4.57. The Morgan fingerprint density at radius 2 is 1.37 bits per heavy atom. The number of carbonyl (C=O) groups is 4. The summed E-state index contributed by atoms with van der Waals surface area (Å²) in [5, 5.41) is 0.266. The van der Waals surface area contributed by atoms with Gasteiger partial charge in [-0.3, -0.25) is 24.0 Å². The first-order valence-electron chi connectivity index (χ1n) is 13.1. The quantitative estimate of drug-likeness (QED) is 0.261. The lowest BCUT2D eigenvalue weighted by Crippen LogP contribution is -2.63. The molecule has 4 rings (SSSR count). The van der Waals surface area contributed by atoms with Gasteiger partial charge in [0.25, 0.3) is 0 Å². The number of benzene rings is 2. The monoisotopic (exact) mass is 598 g/mol. The van der Waals surface area contributed by atoms with Crippen molar-refractivity contribution in [2.75, 3.05) is 13.7 Å². The Labute approximate surface area is 245 Å². The smallest absolute Gasteiger partial charge is 0.303 e. The maximum atomic E-state index is 13.3. The highest BCUT2D eigenvalue weighted by Crippen LogP contribution is 2.32. The second-order valence-electron chi connectivity index (χ2n) is 9.55. The van der Waals surface area contributed by atoms with Gasteiger partial charge in [-0.2, -0.15) is 0 Å². The molecule has 3 aromatic rings. The molecule has 0 unspecified atom stereocenters. The fourth-order valence-corrected chi connectivity index (χ4v) is 4.57. The molecule has 5 atom stereocenters. The van der Waals surface area contributed by atoms with Crippen LogP contribution in [0.1, 0.15) is 27.7 Å². The molecular weight excluding hydrogens is 568 g/mol. The number of carbonyl (C=O) groups excluding carboxylic acids is 4. The Balaban J connectivity index is 1.69. The van der Waals surface area contributed by atoms with E-state index in [1.54, 1.807) is 31.4 Å². The van der Waals surface area contributed by atoms with Gasteiger partial charge in [0.1, 0.15) is 36.1 Å². The molecule has 13 nitrogen and oxygen atoms in total. The zero-order valence-electron chi connectivity index (χ0n) is 24.0. The lowest BCUT2D eigenvalue weighted by atomic mass is 9.98. The van der Waals surface area contributed by atoms with Crippen LogP contribution in [0.25, 0.3) is 22.1 Å². The Bertz CT molecular complexity index is 1560. The normalized spacial score (nSPS) is 21.4. The minimum atomic E-state index is -1.44. The highest BCUT2D eigenvalue weighted by atomic mass is 16.7. The van der Waals surface area contributed by atoms with Gasteiger partial charge >= 0.3 is 23.9 Å². The maximum Gasteiger partial charge on any atom is 0.303 e. The second-order valence-corrected chi connectivity index (χ2v) is 9.55. The van der Waals surface area contributed by atoms with E-state index in [2.05, 4.69) is 0 Å².